The van der Waals surface area contributed by atoms with Gasteiger partial charge in [-0.3, -0.25) is 4.90 Å². The van der Waals surface area contributed by atoms with Gasteiger partial charge in [-0.25, -0.2) is 0 Å². The van der Waals surface area contributed by atoms with Crippen LogP contribution in [0.1, 0.15) is 65.5 Å². The first-order valence-electron chi connectivity index (χ1n) is 15.5. The largest absolute Gasteiger partial charge is 0.541 e. The fraction of sp³-hybridized carbons (Fsp3) is 0.719. The summed E-state index contributed by atoms with van der Waals surface area (Å²) in [5.41, 5.74) is 8.96. The third-order valence-corrected chi connectivity index (χ3v) is 20.2. The normalized spacial score (nSPS) is 30.3. The van der Waals surface area contributed by atoms with E-state index in [1.807, 2.05) is 0 Å². The van der Waals surface area contributed by atoms with Crippen LogP contribution in [0.2, 0.25) is 36.3 Å². The smallest absolute Gasteiger partial charge is 0.250 e. The minimum absolute atomic E-state index is 0.0545. The Labute approximate surface area is 250 Å². The SMILES string of the molecule is CC(C)(C)[Si](C)(C)Oc1ccc2c3c1OC1C(O[Si](C)(C)C(C)(C)C)C=C[C@H]4[C@@H](C2)N(CCC(N)C=NN)CC[C@]314. The van der Waals surface area contributed by atoms with E-state index in [2.05, 4.69) is 102 Å². The molecule has 4 aliphatic rings. The minimum Gasteiger partial charge on any atom is -0.541 e. The van der Waals surface area contributed by atoms with Gasteiger partial charge in [0.15, 0.2) is 14.1 Å². The van der Waals surface area contributed by atoms with Crippen LogP contribution < -0.4 is 20.7 Å². The first-order chi connectivity index (χ1) is 18.9. The number of benzene rings is 1. The highest BCUT2D eigenvalue weighted by atomic mass is 28.4. The lowest BCUT2D eigenvalue weighted by Crippen LogP contribution is -2.66. The molecule has 41 heavy (non-hydrogen) atoms. The van der Waals surface area contributed by atoms with Gasteiger partial charge in [0.1, 0.15) is 18.0 Å². The Morgan fingerprint density at radius 3 is 2.41 bits per heavy atom. The second kappa shape index (κ2) is 10.2. The van der Waals surface area contributed by atoms with E-state index in [1.54, 1.807) is 6.21 Å². The summed E-state index contributed by atoms with van der Waals surface area (Å²) >= 11 is 0. The van der Waals surface area contributed by atoms with Gasteiger partial charge in [-0.1, -0.05) is 59.8 Å². The fourth-order valence-electron chi connectivity index (χ4n) is 7.01. The van der Waals surface area contributed by atoms with Gasteiger partial charge in [-0.2, -0.15) is 5.10 Å². The molecule has 0 amide bonds. The van der Waals surface area contributed by atoms with Crippen molar-refractivity contribution in [3.05, 3.63) is 35.4 Å². The second-order valence-electron chi connectivity index (χ2n) is 15.9. The van der Waals surface area contributed by atoms with Crippen LogP contribution in [0.5, 0.6) is 11.5 Å². The van der Waals surface area contributed by atoms with E-state index in [9.17, 15) is 0 Å². The molecule has 1 fully saturated rings. The van der Waals surface area contributed by atoms with E-state index >= 15 is 0 Å². The topological polar surface area (TPSA) is 95.3 Å². The number of ether oxygens (including phenoxy) is 1. The summed E-state index contributed by atoms with van der Waals surface area (Å²) in [4.78, 5) is 2.65. The maximum Gasteiger partial charge on any atom is 0.250 e. The van der Waals surface area contributed by atoms with Crippen molar-refractivity contribution in [3.8, 4) is 11.5 Å². The van der Waals surface area contributed by atoms with Crippen LogP contribution >= 0.6 is 0 Å². The van der Waals surface area contributed by atoms with Crippen LogP contribution in [0.4, 0.5) is 0 Å². The maximum absolute atomic E-state index is 7.18. The van der Waals surface area contributed by atoms with Gasteiger partial charge < -0.3 is 25.2 Å². The summed E-state index contributed by atoms with van der Waals surface area (Å²) in [6.45, 7) is 25.1. The quantitative estimate of drug-likeness (QED) is 0.126. The van der Waals surface area contributed by atoms with Gasteiger partial charge in [0.05, 0.1) is 0 Å². The van der Waals surface area contributed by atoms with E-state index in [1.165, 1.54) is 11.1 Å². The number of nitrogens with two attached hydrogens (primary N) is 2. The number of nitrogens with zero attached hydrogens (tertiary/aromatic N) is 2. The Hall–Kier alpha value is -1.66. The zero-order valence-electron chi connectivity index (χ0n) is 27.1. The first kappa shape index (κ1) is 30.8. The monoisotopic (exact) mass is 598 g/mol. The molecule has 0 radical (unpaired) electrons. The van der Waals surface area contributed by atoms with E-state index in [-0.39, 0.29) is 33.7 Å². The zero-order valence-corrected chi connectivity index (χ0v) is 29.1. The van der Waals surface area contributed by atoms with Gasteiger partial charge >= 0.3 is 0 Å². The highest BCUT2D eigenvalue weighted by Gasteiger charge is 2.65. The Balaban J connectivity index is 1.58. The van der Waals surface area contributed by atoms with Crippen LogP contribution in [-0.4, -0.2) is 65.1 Å². The molecule has 4 N–H and O–H groups in total. The minimum atomic E-state index is -2.07. The van der Waals surface area contributed by atoms with E-state index < -0.39 is 16.6 Å². The van der Waals surface area contributed by atoms with Crippen molar-refractivity contribution in [2.24, 2.45) is 22.6 Å². The van der Waals surface area contributed by atoms with Crippen LogP contribution in [0.25, 0.3) is 0 Å². The number of hydrogen-bond donors (Lipinski definition) is 2. The molecule has 6 atom stereocenters. The molecule has 3 unspecified atom stereocenters. The van der Waals surface area contributed by atoms with Crippen LogP contribution in [0.15, 0.2) is 29.4 Å². The van der Waals surface area contributed by atoms with E-state index in [4.69, 9.17) is 25.2 Å². The molecule has 0 saturated carbocycles. The third-order valence-electron chi connectivity index (χ3n) is 11.4. The molecule has 0 aromatic heterocycles. The number of likely N-dealkylation sites (tertiary alicyclic amines) is 1. The van der Waals surface area contributed by atoms with E-state index in [0.29, 0.717) is 12.0 Å². The summed E-state index contributed by atoms with van der Waals surface area (Å²) in [6.07, 6.45) is 9.22. The molecule has 1 saturated heterocycles. The Morgan fingerprint density at radius 1 is 1.10 bits per heavy atom. The predicted octanol–water partition coefficient (Wildman–Crippen LogP) is 5.94. The Bertz CT molecular complexity index is 1220. The summed E-state index contributed by atoms with van der Waals surface area (Å²) in [5, 5.41) is 3.88. The number of hydrogen-bond acceptors (Lipinski definition) is 7. The average Bonchev–Trinajstić information content (AvgIpc) is 3.19. The predicted molar refractivity (Wildman–Crippen MR) is 174 cm³/mol. The highest BCUT2D eigenvalue weighted by Crippen LogP contribution is 2.63. The Kier molecular flexibility index (Phi) is 7.67. The zero-order chi connectivity index (χ0) is 30.2. The maximum atomic E-state index is 7.18. The second-order valence-corrected chi connectivity index (χ2v) is 25.4. The lowest BCUT2D eigenvalue weighted by Gasteiger charge is -2.58. The molecule has 1 spiro atoms. The lowest BCUT2D eigenvalue weighted by molar-refractivity contribution is -0.0482. The lowest BCUT2D eigenvalue weighted by atomic mass is 9.53. The summed E-state index contributed by atoms with van der Waals surface area (Å²) in [6, 6.07) is 4.79. The van der Waals surface area contributed by atoms with Crippen molar-refractivity contribution >= 4 is 22.8 Å². The first-order valence-corrected chi connectivity index (χ1v) is 21.4. The molecule has 2 heterocycles. The van der Waals surface area contributed by atoms with Crippen LogP contribution in [0, 0.1) is 5.92 Å². The van der Waals surface area contributed by atoms with Crippen molar-refractivity contribution in [1.29, 1.82) is 0 Å². The Morgan fingerprint density at radius 2 is 1.78 bits per heavy atom. The van der Waals surface area contributed by atoms with Crippen molar-refractivity contribution in [1.82, 2.24) is 4.90 Å². The molecular weight excluding hydrogens is 545 g/mol. The molecule has 228 valence electrons. The number of rotatable bonds is 8. The van der Waals surface area contributed by atoms with Crippen molar-refractivity contribution < 1.29 is 13.6 Å². The molecule has 7 nitrogen and oxygen atoms in total. The summed E-state index contributed by atoms with van der Waals surface area (Å²) in [5.74, 6) is 7.65. The van der Waals surface area contributed by atoms with E-state index in [0.717, 1.165) is 43.9 Å². The molecule has 1 aromatic carbocycles. The molecule has 5 rings (SSSR count). The number of piperidine rings is 1. The van der Waals surface area contributed by atoms with Gasteiger partial charge in [0.25, 0.3) is 8.32 Å². The standard InChI is InChI=1S/C32H54N4O3Si2/c1-30(2,3)40(7,8)38-25-13-11-21-19-24-23-12-14-26(39-41(9,10)31(4,5)6)29-32(23,27(21)28(25)37-29)16-18-36(24)17-15-22(33)20-35-34/h11-14,20,22-24,26,29H,15-19,33-34H2,1-10H3/t22?,23-,24+,26?,29?,32-/m0/s1. The molecular formula is C32H54N4O3Si2. The third kappa shape index (κ3) is 5.03. The fourth-order valence-corrected chi connectivity index (χ4v) is 9.26. The summed E-state index contributed by atoms with van der Waals surface area (Å²) < 4.78 is 21.3. The van der Waals surface area contributed by atoms with Gasteiger partial charge in [0, 0.05) is 41.7 Å². The van der Waals surface area contributed by atoms with Crippen molar-refractivity contribution in [3.63, 3.8) is 0 Å². The molecule has 2 aliphatic carbocycles. The van der Waals surface area contributed by atoms with Gasteiger partial charge in [0.2, 0.25) is 0 Å². The number of hydrazone groups is 1. The van der Waals surface area contributed by atoms with Crippen molar-refractivity contribution in [2.75, 3.05) is 13.1 Å². The van der Waals surface area contributed by atoms with Gasteiger partial charge in [-0.05, 0) is 73.7 Å². The summed E-state index contributed by atoms with van der Waals surface area (Å²) in [7, 11) is -4.11. The molecule has 2 bridgehead atoms. The average molecular weight is 599 g/mol. The molecule has 9 heteroatoms. The highest BCUT2D eigenvalue weighted by molar-refractivity contribution is 6.75. The van der Waals surface area contributed by atoms with Crippen molar-refractivity contribution in [2.45, 2.75) is 127 Å². The molecule has 1 aromatic rings. The van der Waals surface area contributed by atoms with Gasteiger partial charge in [-0.15, -0.1) is 0 Å². The van der Waals surface area contributed by atoms with Crippen LogP contribution in [-0.2, 0) is 16.3 Å². The molecule has 2 aliphatic heterocycles. The van der Waals surface area contributed by atoms with Crippen LogP contribution in [0.3, 0.4) is 0 Å².